The van der Waals surface area contributed by atoms with Crippen molar-refractivity contribution in [2.24, 2.45) is 11.3 Å². The highest BCUT2D eigenvalue weighted by molar-refractivity contribution is 5.69. The first-order valence-corrected chi connectivity index (χ1v) is 10.5. The van der Waals surface area contributed by atoms with E-state index in [4.69, 9.17) is 4.74 Å². The third-order valence-corrected chi connectivity index (χ3v) is 4.50. The number of hydrogen-bond donors (Lipinski definition) is 0. The standard InChI is InChI=1S/C22H44O2/c1-20(2)16-12-9-7-6-8-10-15-19-24-21(23)17-13-11-14-18-22(3,4)5/h20H,6-19H2,1-5H3. The van der Waals surface area contributed by atoms with Gasteiger partial charge in [-0.1, -0.05) is 92.4 Å². The molecule has 0 aromatic rings. The third-order valence-electron chi connectivity index (χ3n) is 4.50. The van der Waals surface area contributed by atoms with E-state index in [2.05, 4.69) is 34.6 Å². The smallest absolute Gasteiger partial charge is 0.305 e. The summed E-state index contributed by atoms with van der Waals surface area (Å²) in [5.41, 5.74) is 0.412. The summed E-state index contributed by atoms with van der Waals surface area (Å²) in [4.78, 5) is 11.6. The Morgan fingerprint density at radius 1 is 0.792 bits per heavy atom. The van der Waals surface area contributed by atoms with Gasteiger partial charge in [0.25, 0.3) is 0 Å². The largest absolute Gasteiger partial charge is 0.466 e. The summed E-state index contributed by atoms with van der Waals surface area (Å²) >= 11 is 0. The maximum Gasteiger partial charge on any atom is 0.305 e. The Morgan fingerprint density at radius 3 is 1.92 bits per heavy atom. The summed E-state index contributed by atoms with van der Waals surface area (Å²) in [6.07, 6.45) is 15.5. The Morgan fingerprint density at radius 2 is 1.33 bits per heavy atom. The van der Waals surface area contributed by atoms with Crippen LogP contribution in [0.3, 0.4) is 0 Å². The summed E-state index contributed by atoms with van der Waals surface area (Å²) < 4.78 is 5.32. The van der Waals surface area contributed by atoms with E-state index in [0.717, 1.165) is 25.2 Å². The molecule has 0 aliphatic carbocycles. The summed E-state index contributed by atoms with van der Waals surface area (Å²) in [5, 5.41) is 0. The highest BCUT2D eigenvalue weighted by atomic mass is 16.5. The summed E-state index contributed by atoms with van der Waals surface area (Å²) in [5.74, 6) is 0.845. The molecule has 0 aromatic heterocycles. The molecule has 0 unspecified atom stereocenters. The fourth-order valence-corrected chi connectivity index (χ4v) is 2.90. The van der Waals surface area contributed by atoms with Crippen LogP contribution >= 0.6 is 0 Å². The van der Waals surface area contributed by atoms with E-state index in [-0.39, 0.29) is 5.97 Å². The van der Waals surface area contributed by atoms with Gasteiger partial charge >= 0.3 is 5.97 Å². The molecule has 144 valence electrons. The molecule has 0 aromatic carbocycles. The van der Waals surface area contributed by atoms with E-state index in [1.165, 1.54) is 57.8 Å². The lowest BCUT2D eigenvalue weighted by Crippen LogP contribution is -2.06. The minimum absolute atomic E-state index is 0.000515. The SMILES string of the molecule is CC(C)CCCCCCCCCOC(=O)CCCCCC(C)(C)C. The number of hydrogen-bond acceptors (Lipinski definition) is 2. The molecule has 0 atom stereocenters. The molecule has 0 spiro atoms. The van der Waals surface area contributed by atoms with Crippen molar-refractivity contribution in [2.45, 2.75) is 118 Å². The third kappa shape index (κ3) is 19.5. The highest BCUT2D eigenvalue weighted by Gasteiger charge is 2.09. The molecule has 0 rings (SSSR count). The van der Waals surface area contributed by atoms with E-state index in [1.807, 2.05) is 0 Å². The molecule has 0 radical (unpaired) electrons. The van der Waals surface area contributed by atoms with Crippen LogP contribution in [-0.4, -0.2) is 12.6 Å². The van der Waals surface area contributed by atoms with Gasteiger partial charge in [-0.2, -0.15) is 0 Å². The lowest BCUT2D eigenvalue weighted by molar-refractivity contribution is -0.143. The zero-order valence-corrected chi connectivity index (χ0v) is 17.3. The highest BCUT2D eigenvalue weighted by Crippen LogP contribution is 2.22. The quantitative estimate of drug-likeness (QED) is 0.231. The van der Waals surface area contributed by atoms with Crippen LogP contribution in [0.25, 0.3) is 0 Å². The van der Waals surface area contributed by atoms with Crippen molar-refractivity contribution in [1.82, 2.24) is 0 Å². The first-order chi connectivity index (χ1) is 11.3. The maximum atomic E-state index is 11.6. The van der Waals surface area contributed by atoms with Crippen molar-refractivity contribution >= 4 is 5.97 Å². The average molecular weight is 341 g/mol. The predicted molar refractivity (Wildman–Crippen MR) is 105 cm³/mol. The van der Waals surface area contributed by atoms with Gasteiger partial charge in [-0.25, -0.2) is 0 Å². The number of carbonyl (C=O) groups is 1. The molecule has 0 saturated heterocycles. The molecule has 0 N–H and O–H groups in total. The van der Waals surface area contributed by atoms with Gasteiger partial charge in [0.15, 0.2) is 0 Å². The van der Waals surface area contributed by atoms with Gasteiger partial charge < -0.3 is 4.74 Å². The topological polar surface area (TPSA) is 26.3 Å². The predicted octanol–water partition coefficient (Wildman–Crippen LogP) is 7.30. The lowest BCUT2D eigenvalue weighted by Gasteiger charge is -2.17. The normalized spacial score (nSPS) is 11.9. The molecule has 0 heterocycles. The van der Waals surface area contributed by atoms with E-state index in [0.29, 0.717) is 18.4 Å². The zero-order chi connectivity index (χ0) is 18.3. The average Bonchev–Trinajstić information content (AvgIpc) is 2.47. The van der Waals surface area contributed by atoms with Gasteiger partial charge in [0, 0.05) is 6.42 Å². The second-order valence-electron chi connectivity index (χ2n) is 9.00. The summed E-state index contributed by atoms with van der Waals surface area (Å²) in [6, 6.07) is 0. The van der Waals surface area contributed by atoms with Crippen LogP contribution in [0.15, 0.2) is 0 Å². The van der Waals surface area contributed by atoms with E-state index >= 15 is 0 Å². The number of rotatable bonds is 15. The molecule has 0 saturated carbocycles. The molecular weight excluding hydrogens is 296 g/mol. The van der Waals surface area contributed by atoms with Crippen LogP contribution < -0.4 is 0 Å². The Hall–Kier alpha value is -0.530. The second-order valence-corrected chi connectivity index (χ2v) is 9.00. The minimum Gasteiger partial charge on any atom is -0.466 e. The molecule has 0 aliphatic heterocycles. The van der Waals surface area contributed by atoms with Crippen molar-refractivity contribution in [3.05, 3.63) is 0 Å². The lowest BCUT2D eigenvalue weighted by atomic mass is 9.89. The fourth-order valence-electron chi connectivity index (χ4n) is 2.90. The maximum absolute atomic E-state index is 11.6. The van der Waals surface area contributed by atoms with Crippen molar-refractivity contribution < 1.29 is 9.53 Å². The van der Waals surface area contributed by atoms with Crippen LogP contribution in [0.5, 0.6) is 0 Å². The Balaban J connectivity index is 3.23. The van der Waals surface area contributed by atoms with Crippen LogP contribution in [0, 0.1) is 11.3 Å². The Kier molecular flexibility index (Phi) is 14.5. The molecular formula is C22H44O2. The van der Waals surface area contributed by atoms with Gasteiger partial charge in [-0.3, -0.25) is 4.79 Å². The molecule has 2 nitrogen and oxygen atoms in total. The molecule has 0 bridgehead atoms. The number of esters is 1. The van der Waals surface area contributed by atoms with Gasteiger partial charge in [0.2, 0.25) is 0 Å². The van der Waals surface area contributed by atoms with Gasteiger partial charge in [-0.15, -0.1) is 0 Å². The molecule has 0 amide bonds. The number of ether oxygens (including phenoxy) is 1. The Labute approximate surface area is 152 Å². The summed E-state index contributed by atoms with van der Waals surface area (Å²) in [7, 11) is 0. The molecule has 24 heavy (non-hydrogen) atoms. The monoisotopic (exact) mass is 340 g/mol. The van der Waals surface area contributed by atoms with Crippen molar-refractivity contribution in [2.75, 3.05) is 6.61 Å². The zero-order valence-electron chi connectivity index (χ0n) is 17.3. The Bertz CT molecular complexity index is 289. The number of unbranched alkanes of at least 4 members (excludes halogenated alkanes) is 8. The van der Waals surface area contributed by atoms with Crippen molar-refractivity contribution in [3.63, 3.8) is 0 Å². The molecule has 0 fully saturated rings. The first-order valence-electron chi connectivity index (χ1n) is 10.5. The number of carbonyl (C=O) groups excluding carboxylic acids is 1. The van der Waals surface area contributed by atoms with E-state index < -0.39 is 0 Å². The van der Waals surface area contributed by atoms with Crippen LogP contribution in [-0.2, 0) is 9.53 Å². The van der Waals surface area contributed by atoms with Gasteiger partial charge in [0.1, 0.15) is 0 Å². The van der Waals surface area contributed by atoms with Crippen molar-refractivity contribution in [3.8, 4) is 0 Å². The van der Waals surface area contributed by atoms with Crippen LogP contribution in [0.1, 0.15) is 118 Å². The van der Waals surface area contributed by atoms with Crippen LogP contribution in [0.4, 0.5) is 0 Å². The van der Waals surface area contributed by atoms with E-state index in [9.17, 15) is 4.79 Å². The van der Waals surface area contributed by atoms with E-state index in [1.54, 1.807) is 0 Å². The molecule has 0 aliphatic rings. The second kappa shape index (κ2) is 14.8. The molecule has 2 heteroatoms. The van der Waals surface area contributed by atoms with Gasteiger partial charge in [-0.05, 0) is 30.6 Å². The summed E-state index contributed by atoms with van der Waals surface area (Å²) in [6.45, 7) is 12.0. The fraction of sp³-hybridized carbons (Fsp3) is 0.955. The van der Waals surface area contributed by atoms with Gasteiger partial charge in [0.05, 0.1) is 6.61 Å². The minimum atomic E-state index is -0.000515. The van der Waals surface area contributed by atoms with Crippen LogP contribution in [0.2, 0.25) is 0 Å². The first kappa shape index (κ1) is 23.5. The van der Waals surface area contributed by atoms with Crippen molar-refractivity contribution in [1.29, 1.82) is 0 Å².